The van der Waals surface area contributed by atoms with Crippen molar-refractivity contribution < 1.29 is 4.42 Å². The molecule has 0 spiro atoms. The number of thiophene rings is 1. The SMILES string of the molecule is Brc1ccc2sc3cccc(-c4ccc5c(c4)oc4cc6ccccc6cc45)c3c2c1. The summed E-state index contributed by atoms with van der Waals surface area (Å²) in [6, 6.07) is 32.6. The molecular weight excluding hydrogens is 464 g/mol. The van der Waals surface area contributed by atoms with Crippen LogP contribution in [0.15, 0.2) is 99.9 Å². The highest BCUT2D eigenvalue weighted by atomic mass is 79.9. The van der Waals surface area contributed by atoms with Crippen LogP contribution in [0.5, 0.6) is 0 Å². The largest absolute Gasteiger partial charge is 0.456 e. The number of hydrogen-bond donors (Lipinski definition) is 0. The van der Waals surface area contributed by atoms with Gasteiger partial charge in [-0.05, 0) is 70.4 Å². The van der Waals surface area contributed by atoms with E-state index in [9.17, 15) is 0 Å². The Hall–Kier alpha value is -3.14. The second-order valence-corrected chi connectivity index (χ2v) is 9.93. The topological polar surface area (TPSA) is 13.1 Å². The molecule has 0 saturated heterocycles. The monoisotopic (exact) mass is 478 g/mol. The molecule has 7 rings (SSSR count). The van der Waals surface area contributed by atoms with Crippen molar-refractivity contribution in [3.05, 3.63) is 95.5 Å². The van der Waals surface area contributed by atoms with Crippen LogP contribution >= 0.6 is 27.3 Å². The van der Waals surface area contributed by atoms with E-state index in [1.54, 1.807) is 0 Å². The zero-order valence-corrected chi connectivity index (χ0v) is 18.8. The van der Waals surface area contributed by atoms with Crippen LogP contribution in [-0.4, -0.2) is 0 Å². The van der Waals surface area contributed by atoms with Gasteiger partial charge in [0.1, 0.15) is 11.2 Å². The maximum atomic E-state index is 6.32. The number of fused-ring (bicyclic) bond motifs is 7. The minimum absolute atomic E-state index is 0.931. The van der Waals surface area contributed by atoms with E-state index in [-0.39, 0.29) is 0 Å². The Morgan fingerprint density at radius 1 is 0.613 bits per heavy atom. The molecule has 0 amide bonds. The van der Waals surface area contributed by atoms with E-state index < -0.39 is 0 Å². The maximum absolute atomic E-state index is 6.32. The molecule has 0 N–H and O–H groups in total. The molecule has 2 aromatic heterocycles. The Kier molecular flexibility index (Phi) is 3.64. The van der Waals surface area contributed by atoms with E-state index in [1.165, 1.54) is 47.5 Å². The summed E-state index contributed by atoms with van der Waals surface area (Å²) in [6.45, 7) is 0. The standard InChI is InChI=1S/C28H15BrOS/c29-19-9-11-26-23(15-19)28-20(6-3-7-27(28)31-26)18-8-10-21-22-12-16-4-1-2-5-17(16)13-25(22)30-24(21)14-18/h1-15H. The predicted molar refractivity (Wildman–Crippen MR) is 137 cm³/mol. The van der Waals surface area contributed by atoms with Crippen LogP contribution in [-0.2, 0) is 0 Å². The van der Waals surface area contributed by atoms with Crippen molar-refractivity contribution in [1.82, 2.24) is 0 Å². The third-order valence-electron chi connectivity index (χ3n) is 6.11. The van der Waals surface area contributed by atoms with Crippen molar-refractivity contribution in [1.29, 1.82) is 0 Å². The predicted octanol–water partition coefficient (Wildman–Crippen LogP) is 9.54. The fourth-order valence-electron chi connectivity index (χ4n) is 4.67. The number of benzene rings is 5. The summed E-state index contributed by atoms with van der Waals surface area (Å²) in [4.78, 5) is 0. The van der Waals surface area contributed by atoms with Gasteiger partial charge in [-0.25, -0.2) is 0 Å². The highest BCUT2D eigenvalue weighted by molar-refractivity contribution is 9.10. The number of furan rings is 1. The quantitative estimate of drug-likeness (QED) is 0.229. The third-order valence-corrected chi connectivity index (χ3v) is 7.74. The first kappa shape index (κ1) is 17.5. The summed E-state index contributed by atoms with van der Waals surface area (Å²) >= 11 is 5.49. The van der Waals surface area contributed by atoms with E-state index in [2.05, 4.69) is 107 Å². The molecular formula is C28H15BrOS. The average Bonchev–Trinajstić information content (AvgIpc) is 3.34. The van der Waals surface area contributed by atoms with Gasteiger partial charge in [-0.2, -0.15) is 0 Å². The van der Waals surface area contributed by atoms with Gasteiger partial charge in [0.2, 0.25) is 0 Å². The minimum atomic E-state index is 0.931. The summed E-state index contributed by atoms with van der Waals surface area (Å²) in [5, 5.41) is 7.38. The van der Waals surface area contributed by atoms with Crippen LogP contribution in [0, 0.1) is 0 Å². The van der Waals surface area contributed by atoms with Gasteiger partial charge in [-0.3, -0.25) is 0 Å². The van der Waals surface area contributed by atoms with Crippen molar-refractivity contribution >= 4 is 80.1 Å². The third kappa shape index (κ3) is 2.60. The van der Waals surface area contributed by atoms with Crippen molar-refractivity contribution in [3.63, 3.8) is 0 Å². The average molecular weight is 479 g/mol. The van der Waals surface area contributed by atoms with Crippen LogP contribution < -0.4 is 0 Å². The molecule has 1 nitrogen and oxygen atoms in total. The Balaban J connectivity index is 1.51. The molecule has 7 aromatic rings. The Bertz CT molecular complexity index is 1810. The van der Waals surface area contributed by atoms with E-state index in [4.69, 9.17) is 4.42 Å². The van der Waals surface area contributed by atoms with Crippen LogP contribution in [0.25, 0.3) is 64.0 Å². The molecule has 0 aliphatic rings. The molecule has 3 heteroatoms. The number of rotatable bonds is 1. The molecule has 0 saturated carbocycles. The van der Waals surface area contributed by atoms with Crippen LogP contribution in [0.1, 0.15) is 0 Å². The molecule has 0 bridgehead atoms. The van der Waals surface area contributed by atoms with Gasteiger partial charge in [-0.1, -0.05) is 58.4 Å². The van der Waals surface area contributed by atoms with Crippen molar-refractivity contribution in [2.45, 2.75) is 0 Å². The van der Waals surface area contributed by atoms with E-state index >= 15 is 0 Å². The van der Waals surface area contributed by atoms with Gasteiger partial charge < -0.3 is 4.42 Å². The Labute approximate surface area is 190 Å². The fourth-order valence-corrected chi connectivity index (χ4v) is 6.14. The van der Waals surface area contributed by atoms with Crippen LogP contribution in [0.2, 0.25) is 0 Å². The molecule has 0 aliphatic heterocycles. The molecule has 2 heterocycles. The maximum Gasteiger partial charge on any atom is 0.136 e. The number of hydrogen-bond acceptors (Lipinski definition) is 2. The molecule has 5 aromatic carbocycles. The molecule has 31 heavy (non-hydrogen) atoms. The molecule has 0 fully saturated rings. The van der Waals surface area contributed by atoms with Gasteiger partial charge in [-0.15, -0.1) is 11.3 Å². The van der Waals surface area contributed by atoms with Crippen LogP contribution in [0.3, 0.4) is 0 Å². The summed E-state index contributed by atoms with van der Waals surface area (Å²) in [7, 11) is 0. The lowest BCUT2D eigenvalue weighted by Gasteiger charge is -2.05. The first-order chi connectivity index (χ1) is 15.2. The van der Waals surface area contributed by atoms with E-state index in [0.717, 1.165) is 21.0 Å². The zero-order valence-electron chi connectivity index (χ0n) is 16.4. The molecule has 146 valence electrons. The highest BCUT2D eigenvalue weighted by Crippen LogP contribution is 2.42. The second-order valence-electron chi connectivity index (χ2n) is 7.93. The van der Waals surface area contributed by atoms with Gasteiger partial charge in [0.15, 0.2) is 0 Å². The molecule has 0 unspecified atom stereocenters. The van der Waals surface area contributed by atoms with Gasteiger partial charge in [0.05, 0.1) is 0 Å². The minimum Gasteiger partial charge on any atom is -0.456 e. The van der Waals surface area contributed by atoms with E-state index in [0.29, 0.717) is 0 Å². The lowest BCUT2D eigenvalue weighted by atomic mass is 9.98. The highest BCUT2D eigenvalue weighted by Gasteiger charge is 2.14. The smallest absolute Gasteiger partial charge is 0.136 e. The van der Waals surface area contributed by atoms with Crippen LogP contribution in [0.4, 0.5) is 0 Å². The zero-order chi connectivity index (χ0) is 20.5. The summed E-state index contributed by atoms with van der Waals surface area (Å²) in [5.74, 6) is 0. The summed E-state index contributed by atoms with van der Waals surface area (Å²) < 4.78 is 10.0. The lowest BCUT2D eigenvalue weighted by molar-refractivity contribution is 0.669. The Morgan fingerprint density at radius 2 is 1.45 bits per heavy atom. The van der Waals surface area contributed by atoms with Crippen molar-refractivity contribution in [2.75, 3.05) is 0 Å². The molecule has 0 aliphatic carbocycles. The first-order valence-electron chi connectivity index (χ1n) is 10.2. The Morgan fingerprint density at radius 3 is 2.35 bits per heavy atom. The van der Waals surface area contributed by atoms with E-state index in [1.807, 2.05) is 11.3 Å². The lowest BCUT2D eigenvalue weighted by Crippen LogP contribution is -1.79. The van der Waals surface area contributed by atoms with Gasteiger partial charge in [0.25, 0.3) is 0 Å². The van der Waals surface area contributed by atoms with Gasteiger partial charge >= 0.3 is 0 Å². The number of halogens is 1. The van der Waals surface area contributed by atoms with Crippen molar-refractivity contribution in [3.8, 4) is 11.1 Å². The normalized spacial score (nSPS) is 12.0. The van der Waals surface area contributed by atoms with Gasteiger partial charge in [0, 0.05) is 35.4 Å². The van der Waals surface area contributed by atoms with Crippen molar-refractivity contribution in [2.24, 2.45) is 0 Å². The summed E-state index contributed by atoms with van der Waals surface area (Å²) in [5.41, 5.74) is 4.30. The first-order valence-corrected chi connectivity index (χ1v) is 11.8. The molecule has 0 atom stereocenters. The molecule has 0 radical (unpaired) electrons. The second kappa shape index (κ2) is 6.43. The fraction of sp³-hybridized carbons (Fsp3) is 0. The summed E-state index contributed by atoms with van der Waals surface area (Å²) in [6.07, 6.45) is 0.